The molecule has 1 aromatic carbocycles. The maximum atomic E-state index is 13.0. The van der Waals surface area contributed by atoms with E-state index < -0.39 is 0 Å². The molecule has 2 aromatic heterocycles. The Morgan fingerprint density at radius 1 is 1.31 bits per heavy atom. The van der Waals surface area contributed by atoms with Gasteiger partial charge in [-0.3, -0.25) is 4.79 Å². The zero-order valence-electron chi connectivity index (χ0n) is 15.5. The van der Waals surface area contributed by atoms with Crippen molar-refractivity contribution in [3.05, 3.63) is 53.3 Å². The van der Waals surface area contributed by atoms with Gasteiger partial charge in [-0.1, -0.05) is 19.1 Å². The van der Waals surface area contributed by atoms with Gasteiger partial charge in [-0.05, 0) is 56.9 Å². The van der Waals surface area contributed by atoms with Crippen molar-refractivity contribution in [1.82, 2.24) is 14.8 Å². The summed E-state index contributed by atoms with van der Waals surface area (Å²) in [6.45, 7) is 6.26. The highest BCUT2D eigenvalue weighted by Crippen LogP contribution is 2.40. The van der Waals surface area contributed by atoms with E-state index in [0.717, 1.165) is 41.7 Å². The molecule has 1 N–H and O–H groups in total. The van der Waals surface area contributed by atoms with Crippen molar-refractivity contribution < 1.29 is 4.79 Å². The van der Waals surface area contributed by atoms with Crippen LogP contribution in [0.5, 0.6) is 0 Å². The Balaban J connectivity index is 1.75. The van der Waals surface area contributed by atoms with Gasteiger partial charge in [0.05, 0.1) is 17.1 Å². The van der Waals surface area contributed by atoms with Crippen molar-refractivity contribution in [2.45, 2.75) is 52.0 Å². The van der Waals surface area contributed by atoms with Crippen molar-refractivity contribution in [3.8, 4) is 0 Å². The molecule has 1 saturated carbocycles. The van der Waals surface area contributed by atoms with E-state index in [0.29, 0.717) is 11.5 Å². The standard InChI is InChI=1S/C21H24N4O/c1-4-14-6-5-7-16(10-14)23-21(26)17-11-19(15-8-9-15)24-20-18(17)12-22-25(20)13(2)3/h5-7,10-13,15H,4,8-9H2,1-3H3,(H,23,26). The van der Waals surface area contributed by atoms with Crippen LogP contribution in [-0.2, 0) is 6.42 Å². The molecule has 0 aliphatic heterocycles. The molecule has 1 fully saturated rings. The van der Waals surface area contributed by atoms with Crippen LogP contribution < -0.4 is 5.32 Å². The second-order valence-corrected chi connectivity index (χ2v) is 7.30. The van der Waals surface area contributed by atoms with Crippen molar-refractivity contribution in [2.75, 3.05) is 5.32 Å². The van der Waals surface area contributed by atoms with Gasteiger partial charge in [-0.15, -0.1) is 0 Å². The van der Waals surface area contributed by atoms with Crippen LogP contribution >= 0.6 is 0 Å². The number of aryl methyl sites for hydroxylation is 1. The first-order chi connectivity index (χ1) is 12.6. The molecule has 1 aliphatic rings. The Bertz CT molecular complexity index is 969. The van der Waals surface area contributed by atoms with E-state index in [1.165, 1.54) is 5.56 Å². The van der Waals surface area contributed by atoms with Gasteiger partial charge < -0.3 is 5.32 Å². The van der Waals surface area contributed by atoms with E-state index in [1.807, 2.05) is 28.9 Å². The SMILES string of the molecule is CCc1cccc(NC(=O)c2cc(C3CC3)nc3c2cnn3C(C)C)c1. The second-order valence-electron chi connectivity index (χ2n) is 7.30. The molecule has 5 heteroatoms. The molecule has 0 bridgehead atoms. The number of nitrogens with zero attached hydrogens (tertiary/aromatic N) is 3. The summed E-state index contributed by atoms with van der Waals surface area (Å²) >= 11 is 0. The Kier molecular flexibility index (Phi) is 4.23. The summed E-state index contributed by atoms with van der Waals surface area (Å²) in [5.74, 6) is 0.376. The third-order valence-corrected chi connectivity index (χ3v) is 4.91. The summed E-state index contributed by atoms with van der Waals surface area (Å²) in [6.07, 6.45) is 4.99. The van der Waals surface area contributed by atoms with E-state index in [1.54, 1.807) is 6.20 Å². The van der Waals surface area contributed by atoms with Crippen molar-refractivity contribution in [2.24, 2.45) is 0 Å². The summed E-state index contributed by atoms with van der Waals surface area (Å²) in [4.78, 5) is 17.8. The van der Waals surface area contributed by atoms with Gasteiger partial charge in [0.2, 0.25) is 0 Å². The lowest BCUT2D eigenvalue weighted by Gasteiger charge is -2.11. The minimum atomic E-state index is -0.101. The summed E-state index contributed by atoms with van der Waals surface area (Å²) in [5.41, 5.74) is 4.49. The minimum Gasteiger partial charge on any atom is -0.322 e. The van der Waals surface area contributed by atoms with Crippen LogP contribution in [0.3, 0.4) is 0 Å². The first kappa shape index (κ1) is 16.8. The molecule has 0 saturated heterocycles. The second kappa shape index (κ2) is 6.56. The molecule has 1 amide bonds. The Labute approximate surface area is 153 Å². The Morgan fingerprint density at radius 3 is 2.81 bits per heavy atom. The van der Waals surface area contributed by atoms with Crippen molar-refractivity contribution in [1.29, 1.82) is 0 Å². The molecule has 0 radical (unpaired) electrons. The van der Waals surface area contributed by atoms with E-state index >= 15 is 0 Å². The van der Waals surface area contributed by atoms with Crippen LogP contribution in [0, 0.1) is 0 Å². The van der Waals surface area contributed by atoms with Crippen molar-refractivity contribution in [3.63, 3.8) is 0 Å². The third kappa shape index (κ3) is 3.09. The number of benzene rings is 1. The number of carbonyl (C=O) groups is 1. The lowest BCUT2D eigenvalue weighted by Crippen LogP contribution is -2.14. The average molecular weight is 348 g/mol. The smallest absolute Gasteiger partial charge is 0.256 e. The molecule has 26 heavy (non-hydrogen) atoms. The highest BCUT2D eigenvalue weighted by molar-refractivity contribution is 6.12. The quantitative estimate of drug-likeness (QED) is 0.727. The maximum Gasteiger partial charge on any atom is 0.256 e. The first-order valence-corrected chi connectivity index (χ1v) is 9.35. The number of aromatic nitrogens is 3. The van der Waals surface area contributed by atoms with Crippen LogP contribution in [0.15, 0.2) is 36.5 Å². The number of hydrogen-bond donors (Lipinski definition) is 1. The number of pyridine rings is 1. The minimum absolute atomic E-state index is 0.101. The van der Waals surface area contributed by atoms with Crippen LogP contribution in [0.1, 0.15) is 67.2 Å². The monoisotopic (exact) mass is 348 g/mol. The molecule has 2 heterocycles. The summed E-state index contributed by atoms with van der Waals surface area (Å²) in [7, 11) is 0. The highest BCUT2D eigenvalue weighted by atomic mass is 16.1. The molecule has 0 spiro atoms. The topological polar surface area (TPSA) is 59.8 Å². The fourth-order valence-electron chi connectivity index (χ4n) is 3.26. The number of amides is 1. The predicted octanol–water partition coefficient (Wildman–Crippen LogP) is 4.70. The molecule has 3 aromatic rings. The van der Waals surface area contributed by atoms with Crippen LogP contribution in [0.2, 0.25) is 0 Å². The predicted molar refractivity (Wildman–Crippen MR) is 104 cm³/mol. The van der Waals surface area contributed by atoms with Crippen molar-refractivity contribution >= 4 is 22.6 Å². The molecular formula is C21H24N4O. The lowest BCUT2D eigenvalue weighted by molar-refractivity contribution is 0.102. The number of anilines is 1. The molecule has 1 aliphatic carbocycles. The fraction of sp³-hybridized carbons (Fsp3) is 0.381. The largest absolute Gasteiger partial charge is 0.322 e. The fourth-order valence-corrected chi connectivity index (χ4v) is 3.26. The van der Waals surface area contributed by atoms with E-state index in [9.17, 15) is 4.79 Å². The van der Waals surface area contributed by atoms with Crippen LogP contribution in [-0.4, -0.2) is 20.7 Å². The molecule has 134 valence electrons. The summed E-state index contributed by atoms with van der Waals surface area (Å²) in [5, 5.41) is 8.33. The van der Waals surface area contributed by atoms with Crippen LogP contribution in [0.25, 0.3) is 11.0 Å². The van der Waals surface area contributed by atoms with Crippen LogP contribution in [0.4, 0.5) is 5.69 Å². The number of hydrogen-bond acceptors (Lipinski definition) is 3. The molecule has 0 atom stereocenters. The third-order valence-electron chi connectivity index (χ3n) is 4.91. The summed E-state index contributed by atoms with van der Waals surface area (Å²) < 4.78 is 1.90. The Hall–Kier alpha value is -2.69. The van der Waals surface area contributed by atoms with E-state index in [2.05, 4.69) is 37.3 Å². The van der Waals surface area contributed by atoms with Gasteiger partial charge in [0.15, 0.2) is 5.65 Å². The van der Waals surface area contributed by atoms with E-state index in [-0.39, 0.29) is 11.9 Å². The van der Waals surface area contributed by atoms with Gasteiger partial charge in [0, 0.05) is 23.3 Å². The zero-order valence-corrected chi connectivity index (χ0v) is 15.5. The van der Waals surface area contributed by atoms with Gasteiger partial charge in [0.1, 0.15) is 0 Å². The highest BCUT2D eigenvalue weighted by Gasteiger charge is 2.28. The molecule has 5 nitrogen and oxygen atoms in total. The van der Waals surface area contributed by atoms with Gasteiger partial charge in [-0.25, -0.2) is 9.67 Å². The average Bonchev–Trinajstić information content (AvgIpc) is 3.39. The number of carbonyl (C=O) groups excluding carboxylic acids is 1. The lowest BCUT2D eigenvalue weighted by atomic mass is 10.1. The number of rotatable bonds is 5. The number of nitrogens with one attached hydrogen (secondary N) is 1. The van der Waals surface area contributed by atoms with Gasteiger partial charge in [-0.2, -0.15) is 5.10 Å². The van der Waals surface area contributed by atoms with Gasteiger partial charge in [0.25, 0.3) is 5.91 Å². The number of fused-ring (bicyclic) bond motifs is 1. The van der Waals surface area contributed by atoms with Gasteiger partial charge >= 0.3 is 0 Å². The molecule has 4 rings (SSSR count). The first-order valence-electron chi connectivity index (χ1n) is 9.35. The Morgan fingerprint density at radius 2 is 2.12 bits per heavy atom. The maximum absolute atomic E-state index is 13.0. The zero-order chi connectivity index (χ0) is 18.3. The van der Waals surface area contributed by atoms with E-state index in [4.69, 9.17) is 4.98 Å². The summed E-state index contributed by atoms with van der Waals surface area (Å²) in [6, 6.07) is 10.1. The molecular weight excluding hydrogens is 324 g/mol. The molecule has 0 unspecified atom stereocenters. The normalized spacial score (nSPS) is 14.2.